The molecule has 0 aliphatic carbocycles. The van der Waals surface area contributed by atoms with Gasteiger partial charge in [-0.25, -0.2) is 9.78 Å². The van der Waals surface area contributed by atoms with Gasteiger partial charge in [0.15, 0.2) is 5.69 Å². The third-order valence-electron chi connectivity index (χ3n) is 2.75. The zero-order valence-corrected chi connectivity index (χ0v) is 11.0. The predicted molar refractivity (Wildman–Crippen MR) is 73.0 cm³/mol. The highest BCUT2D eigenvalue weighted by molar-refractivity contribution is 5.85. The molecule has 2 rings (SSSR count). The molecule has 0 aliphatic heterocycles. The first-order valence-electron chi connectivity index (χ1n) is 6.21. The van der Waals surface area contributed by atoms with Crippen LogP contribution in [0.2, 0.25) is 0 Å². The van der Waals surface area contributed by atoms with Crippen LogP contribution in [0.5, 0.6) is 0 Å². The van der Waals surface area contributed by atoms with E-state index < -0.39 is 5.97 Å². The van der Waals surface area contributed by atoms with Crippen LogP contribution in [0.15, 0.2) is 36.7 Å². The van der Waals surface area contributed by atoms with E-state index >= 15 is 0 Å². The molecule has 98 valence electrons. The van der Waals surface area contributed by atoms with Crippen LogP contribution >= 0.6 is 0 Å². The van der Waals surface area contributed by atoms with E-state index in [1.165, 1.54) is 11.8 Å². The number of hydrogen-bond donors (Lipinski definition) is 1. The van der Waals surface area contributed by atoms with E-state index in [9.17, 15) is 4.79 Å². The van der Waals surface area contributed by atoms with Gasteiger partial charge >= 0.3 is 5.97 Å². The van der Waals surface area contributed by atoms with E-state index in [-0.39, 0.29) is 5.69 Å². The van der Waals surface area contributed by atoms with Gasteiger partial charge in [0.2, 0.25) is 0 Å². The van der Waals surface area contributed by atoms with Crippen LogP contribution in [0.3, 0.4) is 0 Å². The van der Waals surface area contributed by atoms with Crippen LogP contribution in [0.25, 0.3) is 11.3 Å². The summed E-state index contributed by atoms with van der Waals surface area (Å²) in [6, 6.07) is 8.00. The van der Waals surface area contributed by atoms with Crippen molar-refractivity contribution < 1.29 is 9.90 Å². The monoisotopic (exact) mass is 256 g/mol. The number of nitrogens with zero attached hydrogens (tertiary/aromatic N) is 2. The zero-order valence-electron chi connectivity index (χ0n) is 11.0. The Balaban J connectivity index is 2.27. The SMILES string of the molecule is CC(C)Cc1ccc(-c2cncc(C(=O)O)n2)cc1. The quantitative estimate of drug-likeness (QED) is 0.913. The molecule has 4 heteroatoms. The van der Waals surface area contributed by atoms with E-state index in [0.717, 1.165) is 12.0 Å². The number of carboxylic acid groups (broad SMARTS) is 1. The zero-order chi connectivity index (χ0) is 13.8. The molecule has 19 heavy (non-hydrogen) atoms. The lowest BCUT2D eigenvalue weighted by Gasteiger charge is -2.06. The van der Waals surface area contributed by atoms with Gasteiger partial charge in [0.1, 0.15) is 0 Å². The van der Waals surface area contributed by atoms with Crippen molar-refractivity contribution in [2.45, 2.75) is 20.3 Å². The standard InChI is InChI=1S/C15H16N2O2/c1-10(2)7-11-3-5-12(6-4-11)13-8-16-9-14(17-13)15(18)19/h3-6,8-10H,7H2,1-2H3,(H,18,19). The average molecular weight is 256 g/mol. The van der Waals surface area contributed by atoms with Crippen LogP contribution in [-0.2, 0) is 6.42 Å². The Morgan fingerprint density at radius 1 is 1.21 bits per heavy atom. The van der Waals surface area contributed by atoms with Crippen molar-refractivity contribution in [2.24, 2.45) is 5.92 Å². The molecule has 0 spiro atoms. The summed E-state index contributed by atoms with van der Waals surface area (Å²) in [5.74, 6) is -0.452. The summed E-state index contributed by atoms with van der Waals surface area (Å²) in [5, 5.41) is 8.90. The highest BCUT2D eigenvalue weighted by atomic mass is 16.4. The van der Waals surface area contributed by atoms with Crippen LogP contribution in [0.4, 0.5) is 0 Å². The summed E-state index contributed by atoms with van der Waals surface area (Å²) >= 11 is 0. The van der Waals surface area contributed by atoms with Gasteiger partial charge in [-0.2, -0.15) is 0 Å². The number of carbonyl (C=O) groups is 1. The molecule has 1 aromatic heterocycles. The second-order valence-electron chi connectivity index (χ2n) is 4.89. The minimum atomic E-state index is -1.06. The molecule has 1 heterocycles. The van der Waals surface area contributed by atoms with Gasteiger partial charge in [-0.05, 0) is 17.9 Å². The molecule has 0 fully saturated rings. The van der Waals surface area contributed by atoms with Crippen molar-refractivity contribution in [3.05, 3.63) is 47.9 Å². The summed E-state index contributed by atoms with van der Waals surface area (Å²) < 4.78 is 0. The Bertz CT molecular complexity index is 577. The van der Waals surface area contributed by atoms with E-state index in [1.54, 1.807) is 6.20 Å². The molecule has 0 amide bonds. The normalized spacial score (nSPS) is 10.7. The molecule has 1 N–H and O–H groups in total. The second-order valence-corrected chi connectivity index (χ2v) is 4.89. The highest BCUT2D eigenvalue weighted by Crippen LogP contribution is 2.18. The number of benzene rings is 1. The third-order valence-corrected chi connectivity index (χ3v) is 2.75. The van der Waals surface area contributed by atoms with E-state index in [2.05, 4.69) is 23.8 Å². The Hall–Kier alpha value is -2.23. The van der Waals surface area contributed by atoms with Gasteiger partial charge in [-0.15, -0.1) is 0 Å². The lowest BCUT2D eigenvalue weighted by Crippen LogP contribution is -2.02. The van der Waals surface area contributed by atoms with Gasteiger partial charge in [-0.3, -0.25) is 4.98 Å². The van der Waals surface area contributed by atoms with Crippen LogP contribution in [0, 0.1) is 5.92 Å². The summed E-state index contributed by atoms with van der Waals surface area (Å²) in [4.78, 5) is 18.8. The number of aromatic carboxylic acids is 1. The summed E-state index contributed by atoms with van der Waals surface area (Å²) in [5.41, 5.74) is 2.68. The second kappa shape index (κ2) is 5.61. The third kappa shape index (κ3) is 3.37. The van der Waals surface area contributed by atoms with Gasteiger partial charge in [0.05, 0.1) is 18.1 Å². The number of aromatic nitrogens is 2. The Labute approximate surface area is 112 Å². The fourth-order valence-electron chi connectivity index (χ4n) is 1.89. The molecule has 0 unspecified atom stereocenters. The van der Waals surface area contributed by atoms with Gasteiger partial charge < -0.3 is 5.11 Å². The molecule has 0 saturated heterocycles. The van der Waals surface area contributed by atoms with Crippen LogP contribution in [0.1, 0.15) is 29.9 Å². The number of carboxylic acids is 1. The van der Waals surface area contributed by atoms with E-state index in [1.807, 2.05) is 24.3 Å². The Morgan fingerprint density at radius 3 is 2.47 bits per heavy atom. The molecular weight excluding hydrogens is 240 g/mol. The number of rotatable bonds is 4. The topological polar surface area (TPSA) is 63.1 Å². The Morgan fingerprint density at radius 2 is 1.89 bits per heavy atom. The van der Waals surface area contributed by atoms with Crippen molar-refractivity contribution in [3.8, 4) is 11.3 Å². The molecule has 0 aliphatic rings. The molecule has 0 atom stereocenters. The Kier molecular flexibility index (Phi) is 3.90. The summed E-state index contributed by atoms with van der Waals surface area (Å²) in [6.07, 6.45) is 3.85. The van der Waals surface area contributed by atoms with E-state index in [4.69, 9.17) is 5.11 Å². The van der Waals surface area contributed by atoms with Gasteiger partial charge in [0.25, 0.3) is 0 Å². The van der Waals surface area contributed by atoms with Crippen molar-refractivity contribution in [3.63, 3.8) is 0 Å². The minimum absolute atomic E-state index is 0.0382. The lowest BCUT2D eigenvalue weighted by molar-refractivity contribution is 0.0690. The predicted octanol–water partition coefficient (Wildman–Crippen LogP) is 3.04. The maximum atomic E-state index is 10.9. The molecule has 4 nitrogen and oxygen atoms in total. The molecule has 0 bridgehead atoms. The first kappa shape index (κ1) is 13.2. The number of hydrogen-bond acceptors (Lipinski definition) is 3. The van der Waals surface area contributed by atoms with Crippen molar-refractivity contribution in [1.29, 1.82) is 0 Å². The largest absolute Gasteiger partial charge is 0.476 e. The minimum Gasteiger partial charge on any atom is -0.476 e. The fourth-order valence-corrected chi connectivity index (χ4v) is 1.89. The lowest BCUT2D eigenvalue weighted by atomic mass is 10.0. The smallest absolute Gasteiger partial charge is 0.356 e. The highest BCUT2D eigenvalue weighted by Gasteiger charge is 2.07. The van der Waals surface area contributed by atoms with Gasteiger partial charge in [0, 0.05) is 5.56 Å². The molecule has 0 saturated carbocycles. The first-order chi connectivity index (χ1) is 9.06. The van der Waals surface area contributed by atoms with Crippen molar-refractivity contribution in [1.82, 2.24) is 9.97 Å². The fraction of sp³-hybridized carbons (Fsp3) is 0.267. The first-order valence-corrected chi connectivity index (χ1v) is 6.21. The maximum Gasteiger partial charge on any atom is 0.356 e. The summed E-state index contributed by atoms with van der Waals surface area (Å²) in [7, 11) is 0. The molecular formula is C15H16N2O2. The van der Waals surface area contributed by atoms with Crippen LogP contribution < -0.4 is 0 Å². The summed E-state index contributed by atoms with van der Waals surface area (Å²) in [6.45, 7) is 4.35. The molecule has 1 aromatic carbocycles. The maximum absolute atomic E-state index is 10.9. The van der Waals surface area contributed by atoms with Crippen molar-refractivity contribution >= 4 is 5.97 Å². The average Bonchev–Trinajstić information content (AvgIpc) is 2.39. The molecule has 2 aromatic rings. The van der Waals surface area contributed by atoms with Crippen LogP contribution in [-0.4, -0.2) is 21.0 Å². The van der Waals surface area contributed by atoms with Gasteiger partial charge in [-0.1, -0.05) is 38.1 Å². The van der Waals surface area contributed by atoms with Crippen molar-refractivity contribution in [2.75, 3.05) is 0 Å². The molecule has 0 radical (unpaired) electrons. The van der Waals surface area contributed by atoms with E-state index in [0.29, 0.717) is 11.6 Å².